The van der Waals surface area contributed by atoms with Crippen molar-refractivity contribution in [1.82, 2.24) is 4.31 Å². The third-order valence-electron chi connectivity index (χ3n) is 4.76. The van der Waals surface area contributed by atoms with Gasteiger partial charge in [-0.2, -0.15) is 4.31 Å². The Labute approximate surface area is 174 Å². The second-order valence-electron chi connectivity index (χ2n) is 6.53. The van der Waals surface area contributed by atoms with Crippen molar-refractivity contribution in [3.05, 3.63) is 63.5 Å². The quantitative estimate of drug-likeness (QED) is 0.452. The molecule has 3 aromatic rings. The standard InChI is InChI=1S/C19H13ClN2O7S/c1-22-15(17(24)10-4-2-3-5-13(10)30(22,27)28)18(25)21-14-16(23)11-8-9(20)6-7-12(11)29-19(14)26/h2-8,15,23H,1H3,(H,21,25). The Morgan fingerprint density at radius 3 is 2.63 bits per heavy atom. The first kappa shape index (κ1) is 20.1. The molecule has 1 aromatic heterocycles. The Balaban J connectivity index is 1.78. The van der Waals surface area contributed by atoms with E-state index in [0.29, 0.717) is 4.31 Å². The predicted molar refractivity (Wildman–Crippen MR) is 107 cm³/mol. The number of hydrogen-bond acceptors (Lipinski definition) is 7. The lowest BCUT2D eigenvalue weighted by atomic mass is 10.0. The minimum absolute atomic E-state index is 0.0299. The largest absolute Gasteiger partial charge is 0.505 e. The lowest BCUT2D eigenvalue weighted by Crippen LogP contribution is -2.53. The molecule has 9 nitrogen and oxygen atoms in total. The van der Waals surface area contributed by atoms with Crippen LogP contribution in [0.1, 0.15) is 10.4 Å². The maximum absolute atomic E-state index is 12.8. The molecule has 0 radical (unpaired) electrons. The number of Topliss-reactive ketones (excluding diaryl/α,β-unsaturated/α-hetero) is 1. The third-order valence-corrected chi connectivity index (χ3v) is 6.87. The van der Waals surface area contributed by atoms with Crippen molar-refractivity contribution in [2.45, 2.75) is 10.9 Å². The van der Waals surface area contributed by atoms with Gasteiger partial charge < -0.3 is 14.8 Å². The second-order valence-corrected chi connectivity index (χ2v) is 8.93. The van der Waals surface area contributed by atoms with Crippen molar-refractivity contribution in [3.63, 3.8) is 0 Å². The molecule has 0 saturated carbocycles. The van der Waals surface area contributed by atoms with Gasteiger partial charge in [-0.3, -0.25) is 9.59 Å². The summed E-state index contributed by atoms with van der Waals surface area (Å²) in [6, 6.07) is 7.85. The first-order valence-corrected chi connectivity index (χ1v) is 10.3. The molecule has 1 aliphatic heterocycles. The summed E-state index contributed by atoms with van der Waals surface area (Å²) in [5.74, 6) is -2.51. The molecule has 1 atom stereocenters. The van der Waals surface area contributed by atoms with E-state index in [9.17, 15) is 27.9 Å². The molecule has 0 spiro atoms. The predicted octanol–water partition coefficient (Wildman–Crippen LogP) is 1.98. The summed E-state index contributed by atoms with van der Waals surface area (Å²) in [6.45, 7) is 0. The molecule has 2 N–H and O–H groups in total. The summed E-state index contributed by atoms with van der Waals surface area (Å²) in [6.07, 6.45) is 0. The van der Waals surface area contributed by atoms with Crippen molar-refractivity contribution in [1.29, 1.82) is 0 Å². The van der Waals surface area contributed by atoms with Crippen LogP contribution in [-0.2, 0) is 14.8 Å². The smallest absolute Gasteiger partial charge is 0.364 e. The monoisotopic (exact) mass is 448 g/mol. The number of carbonyl (C=O) groups is 2. The number of aromatic hydroxyl groups is 1. The summed E-state index contributed by atoms with van der Waals surface area (Å²) < 4.78 is 31.1. The van der Waals surface area contributed by atoms with Crippen molar-refractivity contribution in [2.24, 2.45) is 0 Å². The summed E-state index contributed by atoms with van der Waals surface area (Å²) in [5.41, 5.74) is -1.82. The maximum Gasteiger partial charge on any atom is 0.364 e. The zero-order valence-electron chi connectivity index (χ0n) is 15.2. The number of carbonyl (C=O) groups excluding carboxylic acids is 2. The van der Waals surface area contributed by atoms with E-state index in [0.717, 1.165) is 7.05 Å². The topological polar surface area (TPSA) is 134 Å². The molecule has 1 unspecified atom stereocenters. The van der Waals surface area contributed by atoms with Crippen LogP contribution >= 0.6 is 11.6 Å². The van der Waals surface area contributed by atoms with E-state index >= 15 is 0 Å². The second kappa shape index (κ2) is 6.94. The molecule has 0 aliphatic carbocycles. The minimum Gasteiger partial charge on any atom is -0.505 e. The van der Waals surface area contributed by atoms with Crippen LogP contribution in [-0.4, -0.2) is 42.6 Å². The first-order chi connectivity index (χ1) is 14.1. The third kappa shape index (κ3) is 2.96. The summed E-state index contributed by atoms with van der Waals surface area (Å²) in [4.78, 5) is 37.7. The molecule has 0 bridgehead atoms. The molecule has 2 heterocycles. The number of halogens is 1. The summed E-state index contributed by atoms with van der Waals surface area (Å²) in [5, 5.41) is 12.9. The Kier molecular flexibility index (Phi) is 4.64. The Morgan fingerprint density at radius 2 is 1.90 bits per heavy atom. The highest BCUT2D eigenvalue weighted by molar-refractivity contribution is 7.89. The van der Waals surface area contributed by atoms with E-state index in [1.54, 1.807) is 0 Å². The lowest BCUT2D eigenvalue weighted by Gasteiger charge is -2.30. The zero-order chi connectivity index (χ0) is 21.8. The summed E-state index contributed by atoms with van der Waals surface area (Å²) in [7, 11) is -3.05. The van der Waals surface area contributed by atoms with Gasteiger partial charge in [-0.05, 0) is 30.3 Å². The molecule has 0 fully saturated rings. The van der Waals surface area contributed by atoms with E-state index in [1.807, 2.05) is 0 Å². The van der Waals surface area contributed by atoms with Crippen LogP contribution in [0.3, 0.4) is 0 Å². The van der Waals surface area contributed by atoms with Gasteiger partial charge in [0.2, 0.25) is 10.0 Å². The molecule has 30 heavy (non-hydrogen) atoms. The van der Waals surface area contributed by atoms with Crippen molar-refractivity contribution < 1.29 is 27.5 Å². The number of nitrogens with zero attached hydrogens (tertiary/aromatic N) is 1. The highest BCUT2D eigenvalue weighted by Crippen LogP contribution is 2.33. The maximum atomic E-state index is 12.8. The Morgan fingerprint density at radius 1 is 1.20 bits per heavy atom. The minimum atomic E-state index is -4.13. The Bertz CT molecular complexity index is 1400. The van der Waals surface area contributed by atoms with Gasteiger partial charge in [0.05, 0.1) is 10.3 Å². The van der Waals surface area contributed by atoms with Crippen LogP contribution < -0.4 is 10.9 Å². The highest BCUT2D eigenvalue weighted by Gasteiger charge is 2.45. The highest BCUT2D eigenvalue weighted by atomic mass is 35.5. The van der Waals surface area contributed by atoms with E-state index in [-0.39, 0.29) is 26.5 Å². The molecule has 0 saturated heterocycles. The number of rotatable bonds is 2. The summed E-state index contributed by atoms with van der Waals surface area (Å²) >= 11 is 5.89. The normalized spacial score (nSPS) is 18.2. The lowest BCUT2D eigenvalue weighted by molar-refractivity contribution is -0.118. The fraction of sp³-hybridized carbons (Fsp3) is 0.105. The molecular formula is C19H13ClN2O7S. The molecular weight excluding hydrogens is 436 g/mol. The number of nitrogens with one attached hydrogen (secondary N) is 1. The van der Waals surface area contributed by atoms with Crippen LogP contribution in [0.15, 0.2) is 56.6 Å². The molecule has 1 amide bonds. The van der Waals surface area contributed by atoms with Crippen LogP contribution in [0, 0.1) is 0 Å². The van der Waals surface area contributed by atoms with E-state index in [1.165, 1.54) is 42.5 Å². The van der Waals surface area contributed by atoms with Gasteiger partial charge in [-0.1, -0.05) is 23.7 Å². The number of likely N-dealkylation sites (N-methyl/N-ethyl adjacent to an activating group) is 1. The van der Waals surface area contributed by atoms with Gasteiger partial charge in [0.15, 0.2) is 23.3 Å². The van der Waals surface area contributed by atoms with Crippen molar-refractivity contribution in [2.75, 3.05) is 12.4 Å². The number of ketones is 1. The molecule has 11 heteroatoms. The first-order valence-electron chi connectivity index (χ1n) is 8.50. The van der Waals surface area contributed by atoms with E-state index in [4.69, 9.17) is 16.0 Å². The Hall–Kier alpha value is -3.21. The van der Waals surface area contributed by atoms with Crippen LogP contribution in [0.4, 0.5) is 5.69 Å². The molecule has 4 rings (SSSR count). The number of fused-ring (bicyclic) bond motifs is 2. The van der Waals surface area contributed by atoms with Crippen molar-refractivity contribution in [3.8, 4) is 5.75 Å². The number of anilines is 1. The average Bonchev–Trinajstić information content (AvgIpc) is 2.71. The SMILES string of the molecule is CN1C(C(=O)Nc2c(O)c3cc(Cl)ccc3oc2=O)C(=O)c2ccccc2S1(=O)=O. The zero-order valence-corrected chi connectivity index (χ0v) is 16.8. The van der Waals surface area contributed by atoms with Crippen LogP contribution in [0.2, 0.25) is 5.02 Å². The fourth-order valence-electron chi connectivity index (χ4n) is 3.25. The van der Waals surface area contributed by atoms with Gasteiger partial charge in [0.25, 0.3) is 5.91 Å². The molecule has 154 valence electrons. The number of amides is 1. The average molecular weight is 449 g/mol. The van der Waals surface area contributed by atoms with Gasteiger partial charge in [-0.15, -0.1) is 0 Å². The van der Waals surface area contributed by atoms with Gasteiger partial charge in [0.1, 0.15) is 5.58 Å². The van der Waals surface area contributed by atoms with Gasteiger partial charge in [0, 0.05) is 17.6 Å². The molecule has 1 aliphatic rings. The van der Waals surface area contributed by atoms with Crippen LogP contribution in [0.5, 0.6) is 5.75 Å². The van der Waals surface area contributed by atoms with Crippen LogP contribution in [0.25, 0.3) is 11.0 Å². The fourth-order valence-corrected chi connectivity index (χ4v) is 4.89. The van der Waals surface area contributed by atoms with Gasteiger partial charge in [-0.25, -0.2) is 13.2 Å². The molecule has 2 aromatic carbocycles. The van der Waals surface area contributed by atoms with Crippen molar-refractivity contribution >= 4 is 50.0 Å². The number of sulfonamides is 1. The van der Waals surface area contributed by atoms with E-state index in [2.05, 4.69) is 5.32 Å². The van der Waals surface area contributed by atoms with Gasteiger partial charge >= 0.3 is 5.63 Å². The number of benzene rings is 2. The number of hydrogen-bond donors (Lipinski definition) is 2. The van der Waals surface area contributed by atoms with E-state index < -0.39 is 44.8 Å².